The van der Waals surface area contributed by atoms with Crippen LogP contribution >= 0.6 is 0 Å². The maximum atomic E-state index is 12.8. The summed E-state index contributed by atoms with van der Waals surface area (Å²) in [5.41, 5.74) is -0.202. The summed E-state index contributed by atoms with van der Waals surface area (Å²) in [5, 5.41) is 19.7. The van der Waals surface area contributed by atoms with E-state index < -0.39 is 17.1 Å². The van der Waals surface area contributed by atoms with Crippen LogP contribution in [-0.2, 0) is 4.79 Å². The number of hydrogen-bond donors (Lipinski definition) is 2. The summed E-state index contributed by atoms with van der Waals surface area (Å²) >= 11 is 0. The van der Waals surface area contributed by atoms with E-state index in [1.54, 1.807) is 6.07 Å². The van der Waals surface area contributed by atoms with E-state index in [4.69, 9.17) is 18.6 Å². The molecule has 30 heavy (non-hydrogen) atoms. The summed E-state index contributed by atoms with van der Waals surface area (Å²) in [6.45, 7) is 3.82. The fraction of sp³-hybridized carbons (Fsp3) is 0.273. The summed E-state index contributed by atoms with van der Waals surface area (Å²) in [5.74, 6) is -0.507. The molecule has 0 unspecified atom stereocenters. The minimum absolute atomic E-state index is 0.0142. The predicted octanol–water partition coefficient (Wildman–Crippen LogP) is 3.84. The molecule has 0 fully saturated rings. The smallest absolute Gasteiger partial charge is 0.311 e. The van der Waals surface area contributed by atoms with Crippen molar-refractivity contribution in [3.05, 3.63) is 40.6 Å². The Balaban J connectivity index is 2.13. The number of phenolic OH excluding ortho intramolecular Hbond substituents is 2. The van der Waals surface area contributed by atoms with Gasteiger partial charge in [0.25, 0.3) is 0 Å². The molecule has 0 aliphatic rings. The van der Waals surface area contributed by atoms with Crippen molar-refractivity contribution in [3.63, 3.8) is 0 Å². The number of methoxy groups -OCH3 is 2. The lowest BCUT2D eigenvalue weighted by atomic mass is 10.1. The van der Waals surface area contributed by atoms with Crippen molar-refractivity contribution >= 4 is 16.9 Å². The number of benzene rings is 2. The first-order valence-corrected chi connectivity index (χ1v) is 9.21. The van der Waals surface area contributed by atoms with Gasteiger partial charge in [0.1, 0.15) is 22.5 Å². The molecule has 0 bridgehead atoms. The molecule has 0 saturated heterocycles. The third-order valence-corrected chi connectivity index (χ3v) is 4.35. The first-order chi connectivity index (χ1) is 14.2. The van der Waals surface area contributed by atoms with E-state index in [1.165, 1.54) is 32.4 Å². The van der Waals surface area contributed by atoms with E-state index >= 15 is 0 Å². The number of phenols is 2. The highest BCUT2D eigenvalue weighted by molar-refractivity contribution is 5.88. The molecule has 0 aliphatic carbocycles. The number of fused-ring (bicyclic) bond motifs is 1. The largest absolute Gasteiger partial charge is 0.508 e. The van der Waals surface area contributed by atoms with Crippen LogP contribution < -0.4 is 19.6 Å². The Hall–Kier alpha value is -3.68. The predicted molar refractivity (Wildman–Crippen MR) is 109 cm³/mol. The summed E-state index contributed by atoms with van der Waals surface area (Å²) in [6, 6.07) is 6.90. The second kappa shape index (κ2) is 8.36. The molecule has 0 spiro atoms. The number of aromatic hydroxyl groups is 2. The van der Waals surface area contributed by atoms with Crippen LogP contribution in [0.3, 0.4) is 0 Å². The van der Waals surface area contributed by atoms with Crippen LogP contribution in [-0.4, -0.2) is 30.4 Å². The topological polar surface area (TPSA) is 115 Å². The van der Waals surface area contributed by atoms with Gasteiger partial charge >= 0.3 is 5.97 Å². The molecule has 0 saturated carbocycles. The second-order valence-electron chi connectivity index (χ2n) is 7.07. The molecule has 3 aromatic rings. The lowest BCUT2D eigenvalue weighted by Gasteiger charge is -2.13. The van der Waals surface area contributed by atoms with Crippen LogP contribution in [0.4, 0.5) is 0 Å². The number of carbonyl (C=O) groups is 1. The van der Waals surface area contributed by atoms with E-state index in [0.717, 1.165) is 6.07 Å². The normalized spacial score (nSPS) is 11.0. The van der Waals surface area contributed by atoms with E-state index in [2.05, 4.69) is 0 Å². The lowest BCUT2D eigenvalue weighted by molar-refractivity contribution is -0.135. The van der Waals surface area contributed by atoms with Crippen molar-refractivity contribution in [3.8, 4) is 40.1 Å². The summed E-state index contributed by atoms with van der Waals surface area (Å²) in [6.07, 6.45) is 0.255. The Labute approximate surface area is 172 Å². The quantitative estimate of drug-likeness (QED) is 0.462. The number of carbonyl (C=O) groups excluding carboxylic acids is 1. The SMILES string of the molecule is COc1cc(-c2oc3cc(O)cc(O)c3c(=O)c2OC)ccc1OC(=O)CC(C)C. The van der Waals surface area contributed by atoms with Crippen LogP contribution in [0, 0.1) is 5.92 Å². The summed E-state index contributed by atoms with van der Waals surface area (Å²) in [7, 11) is 2.72. The first-order valence-electron chi connectivity index (χ1n) is 9.21. The van der Waals surface area contributed by atoms with Crippen LogP contribution in [0.5, 0.6) is 28.7 Å². The summed E-state index contributed by atoms with van der Waals surface area (Å²) < 4.78 is 21.7. The van der Waals surface area contributed by atoms with Gasteiger partial charge in [0, 0.05) is 24.1 Å². The minimum Gasteiger partial charge on any atom is -0.508 e. The lowest BCUT2D eigenvalue weighted by Crippen LogP contribution is -2.11. The van der Waals surface area contributed by atoms with Crippen molar-refractivity contribution < 1.29 is 33.6 Å². The Morgan fingerprint density at radius 3 is 2.43 bits per heavy atom. The third-order valence-electron chi connectivity index (χ3n) is 4.35. The van der Waals surface area contributed by atoms with Crippen molar-refractivity contribution in [2.75, 3.05) is 14.2 Å². The Morgan fingerprint density at radius 2 is 1.80 bits per heavy atom. The van der Waals surface area contributed by atoms with Crippen molar-refractivity contribution in [1.82, 2.24) is 0 Å². The van der Waals surface area contributed by atoms with E-state index in [9.17, 15) is 19.8 Å². The molecular weight excluding hydrogens is 392 g/mol. The van der Waals surface area contributed by atoms with Crippen molar-refractivity contribution in [2.24, 2.45) is 5.92 Å². The highest BCUT2D eigenvalue weighted by Crippen LogP contribution is 2.38. The van der Waals surface area contributed by atoms with Gasteiger partial charge in [-0.25, -0.2) is 0 Å². The molecule has 158 valence electrons. The zero-order chi connectivity index (χ0) is 22.0. The fourth-order valence-corrected chi connectivity index (χ4v) is 3.03. The molecule has 8 nitrogen and oxygen atoms in total. The zero-order valence-electron chi connectivity index (χ0n) is 17.0. The molecule has 2 N–H and O–H groups in total. The van der Waals surface area contributed by atoms with Gasteiger partial charge in [0.2, 0.25) is 11.2 Å². The van der Waals surface area contributed by atoms with E-state index in [-0.39, 0.29) is 52.1 Å². The first kappa shape index (κ1) is 21.0. The van der Waals surface area contributed by atoms with Gasteiger partial charge in [-0.2, -0.15) is 0 Å². The Kier molecular flexibility index (Phi) is 5.86. The van der Waals surface area contributed by atoms with Crippen LogP contribution in [0.15, 0.2) is 39.5 Å². The average Bonchev–Trinajstić information content (AvgIpc) is 2.66. The second-order valence-corrected chi connectivity index (χ2v) is 7.07. The maximum absolute atomic E-state index is 12.8. The van der Waals surface area contributed by atoms with Gasteiger partial charge in [-0.1, -0.05) is 13.8 Å². The molecule has 1 aromatic heterocycles. The molecule has 3 rings (SSSR count). The molecule has 0 radical (unpaired) electrons. The Morgan fingerprint density at radius 1 is 1.07 bits per heavy atom. The van der Waals surface area contributed by atoms with Crippen molar-refractivity contribution in [1.29, 1.82) is 0 Å². The summed E-state index contributed by atoms with van der Waals surface area (Å²) in [4.78, 5) is 24.8. The standard InChI is InChI=1S/C22H22O8/c1-11(2)7-18(25)29-15-6-5-12(8-16(15)27-3)21-22(28-4)20(26)19-14(24)9-13(23)10-17(19)30-21/h5-6,8-11,23-24H,7H2,1-4H3. The number of hydrogen-bond acceptors (Lipinski definition) is 8. The van der Waals surface area contributed by atoms with Gasteiger partial charge in [0.05, 0.1) is 14.2 Å². The zero-order valence-corrected chi connectivity index (χ0v) is 17.0. The minimum atomic E-state index is -0.599. The van der Waals surface area contributed by atoms with Crippen molar-refractivity contribution in [2.45, 2.75) is 20.3 Å². The van der Waals surface area contributed by atoms with Crippen LogP contribution in [0.1, 0.15) is 20.3 Å². The van der Waals surface area contributed by atoms with E-state index in [1.807, 2.05) is 13.8 Å². The number of ether oxygens (including phenoxy) is 3. The van der Waals surface area contributed by atoms with E-state index in [0.29, 0.717) is 5.56 Å². The molecule has 8 heteroatoms. The van der Waals surface area contributed by atoms with Gasteiger partial charge < -0.3 is 28.8 Å². The molecular formula is C22H22O8. The highest BCUT2D eigenvalue weighted by atomic mass is 16.6. The molecule has 0 atom stereocenters. The monoisotopic (exact) mass is 414 g/mol. The molecule has 0 aliphatic heterocycles. The molecule has 2 aromatic carbocycles. The van der Waals surface area contributed by atoms with Gasteiger partial charge in [-0.15, -0.1) is 0 Å². The number of rotatable bonds is 6. The third kappa shape index (κ3) is 4.03. The maximum Gasteiger partial charge on any atom is 0.311 e. The van der Waals surface area contributed by atoms with Gasteiger partial charge in [0.15, 0.2) is 17.3 Å². The fourth-order valence-electron chi connectivity index (χ4n) is 3.03. The average molecular weight is 414 g/mol. The molecule has 0 amide bonds. The highest BCUT2D eigenvalue weighted by Gasteiger charge is 2.21. The van der Waals surface area contributed by atoms with Gasteiger partial charge in [-0.3, -0.25) is 9.59 Å². The molecule has 1 heterocycles. The Bertz CT molecular complexity index is 1160. The number of esters is 1. The van der Waals surface area contributed by atoms with Gasteiger partial charge in [-0.05, 0) is 24.1 Å². The van der Waals surface area contributed by atoms with Crippen LogP contribution in [0.25, 0.3) is 22.3 Å². The van der Waals surface area contributed by atoms with Crippen LogP contribution in [0.2, 0.25) is 0 Å².